The minimum absolute atomic E-state index is 0.288. The summed E-state index contributed by atoms with van der Waals surface area (Å²) >= 11 is 1.71. The van der Waals surface area contributed by atoms with Crippen LogP contribution < -0.4 is 10.1 Å². The highest BCUT2D eigenvalue weighted by Gasteiger charge is 2.20. The van der Waals surface area contributed by atoms with Crippen LogP contribution in [0.5, 0.6) is 5.75 Å². The van der Waals surface area contributed by atoms with E-state index in [2.05, 4.69) is 33.9 Å². The van der Waals surface area contributed by atoms with Gasteiger partial charge in [0.25, 0.3) is 0 Å². The molecule has 0 saturated carbocycles. The summed E-state index contributed by atoms with van der Waals surface area (Å²) in [5, 5.41) is 4.45. The molecule has 2 heterocycles. The molecule has 2 aromatic rings. The number of hydrogen-bond acceptors (Lipinski definition) is 5. The van der Waals surface area contributed by atoms with Crippen molar-refractivity contribution in [3.63, 3.8) is 0 Å². The van der Waals surface area contributed by atoms with Crippen molar-refractivity contribution < 1.29 is 9.13 Å². The van der Waals surface area contributed by atoms with Gasteiger partial charge in [0.05, 0.1) is 19.3 Å². The maximum atomic E-state index is 13.9. The lowest BCUT2D eigenvalue weighted by molar-refractivity contribution is 0.172. The molecule has 0 radical (unpaired) electrons. The molecule has 0 atom stereocenters. The normalized spacial score (nSPS) is 15.6. The van der Waals surface area contributed by atoms with Crippen molar-refractivity contribution in [3.8, 4) is 5.75 Å². The first kappa shape index (κ1) is 21.5. The Morgan fingerprint density at radius 2 is 2.03 bits per heavy atom. The Kier molecular flexibility index (Phi) is 7.44. The van der Waals surface area contributed by atoms with Crippen LogP contribution in [0.4, 0.5) is 4.39 Å². The van der Waals surface area contributed by atoms with Gasteiger partial charge in [0.2, 0.25) is 0 Å². The SMILES string of the molecule is CCNC(=NCc1nc(C)c(C)s1)N1CCN(Cc2ccc(OC)c(F)c2)CC1. The summed E-state index contributed by atoms with van der Waals surface area (Å²) in [6, 6.07) is 5.19. The van der Waals surface area contributed by atoms with Gasteiger partial charge in [-0.3, -0.25) is 4.90 Å². The van der Waals surface area contributed by atoms with Crippen LogP contribution >= 0.6 is 11.3 Å². The summed E-state index contributed by atoms with van der Waals surface area (Å²) in [7, 11) is 1.48. The van der Waals surface area contributed by atoms with Crippen molar-refractivity contribution in [2.24, 2.45) is 4.99 Å². The number of methoxy groups -OCH3 is 1. The maximum Gasteiger partial charge on any atom is 0.194 e. The molecule has 0 spiro atoms. The van der Waals surface area contributed by atoms with Crippen LogP contribution in [-0.4, -0.2) is 60.6 Å². The van der Waals surface area contributed by atoms with Crippen molar-refractivity contribution in [1.82, 2.24) is 20.1 Å². The van der Waals surface area contributed by atoms with Crippen molar-refractivity contribution in [2.45, 2.75) is 33.9 Å². The van der Waals surface area contributed by atoms with Gasteiger partial charge in [-0.25, -0.2) is 14.4 Å². The van der Waals surface area contributed by atoms with E-state index in [0.29, 0.717) is 6.54 Å². The molecule has 1 aromatic carbocycles. The lowest BCUT2D eigenvalue weighted by atomic mass is 10.2. The number of ether oxygens (including phenoxy) is 1. The summed E-state index contributed by atoms with van der Waals surface area (Å²) in [4.78, 5) is 15.3. The van der Waals surface area contributed by atoms with Crippen LogP contribution in [0.3, 0.4) is 0 Å². The number of aromatic nitrogens is 1. The number of thiazole rings is 1. The Morgan fingerprint density at radius 1 is 1.28 bits per heavy atom. The van der Waals surface area contributed by atoms with E-state index < -0.39 is 0 Å². The number of piperazine rings is 1. The second kappa shape index (κ2) is 10.0. The van der Waals surface area contributed by atoms with E-state index in [4.69, 9.17) is 9.73 Å². The highest BCUT2D eigenvalue weighted by Crippen LogP contribution is 2.20. The van der Waals surface area contributed by atoms with E-state index in [1.165, 1.54) is 12.0 Å². The van der Waals surface area contributed by atoms with E-state index in [1.54, 1.807) is 23.5 Å². The molecule has 1 aromatic heterocycles. The Bertz CT molecular complexity index is 826. The van der Waals surface area contributed by atoms with Crippen LogP contribution in [0.2, 0.25) is 0 Å². The molecule has 3 rings (SSSR count). The monoisotopic (exact) mass is 419 g/mol. The minimum Gasteiger partial charge on any atom is -0.494 e. The summed E-state index contributed by atoms with van der Waals surface area (Å²) < 4.78 is 18.9. The van der Waals surface area contributed by atoms with Crippen molar-refractivity contribution in [2.75, 3.05) is 39.8 Å². The molecule has 0 unspecified atom stereocenters. The van der Waals surface area contributed by atoms with Crippen molar-refractivity contribution in [1.29, 1.82) is 0 Å². The number of benzene rings is 1. The molecule has 1 N–H and O–H groups in total. The van der Waals surface area contributed by atoms with Crippen LogP contribution in [0.15, 0.2) is 23.2 Å². The predicted molar refractivity (Wildman–Crippen MR) is 116 cm³/mol. The summed E-state index contributed by atoms with van der Waals surface area (Å²) in [5.74, 6) is 0.918. The number of aryl methyl sites for hydroxylation is 2. The molecule has 0 aliphatic carbocycles. The first-order valence-corrected chi connectivity index (χ1v) is 10.8. The number of guanidine groups is 1. The Balaban J connectivity index is 1.56. The maximum absolute atomic E-state index is 13.9. The fourth-order valence-electron chi connectivity index (χ4n) is 3.36. The van der Waals surface area contributed by atoms with Gasteiger partial charge >= 0.3 is 0 Å². The lowest BCUT2D eigenvalue weighted by Crippen LogP contribution is -2.52. The number of rotatable bonds is 6. The average Bonchev–Trinajstić information content (AvgIpc) is 3.03. The van der Waals surface area contributed by atoms with Gasteiger partial charge in [-0.15, -0.1) is 11.3 Å². The molecule has 8 heteroatoms. The zero-order chi connectivity index (χ0) is 20.8. The van der Waals surface area contributed by atoms with Crippen LogP contribution in [0, 0.1) is 19.7 Å². The molecule has 6 nitrogen and oxygen atoms in total. The van der Waals surface area contributed by atoms with Gasteiger partial charge in [-0.05, 0) is 38.5 Å². The zero-order valence-electron chi connectivity index (χ0n) is 17.7. The number of hydrogen-bond donors (Lipinski definition) is 1. The second-order valence-corrected chi connectivity index (χ2v) is 8.44. The molecule has 1 fully saturated rings. The molecule has 29 heavy (non-hydrogen) atoms. The van der Waals surface area contributed by atoms with Crippen LogP contribution in [0.25, 0.3) is 0 Å². The van der Waals surface area contributed by atoms with E-state index >= 15 is 0 Å². The van der Waals surface area contributed by atoms with Crippen LogP contribution in [-0.2, 0) is 13.1 Å². The van der Waals surface area contributed by atoms with Gasteiger partial charge in [0.15, 0.2) is 17.5 Å². The second-order valence-electron chi connectivity index (χ2n) is 7.15. The van der Waals surface area contributed by atoms with E-state index in [1.807, 2.05) is 13.0 Å². The van der Waals surface area contributed by atoms with Crippen molar-refractivity contribution in [3.05, 3.63) is 45.2 Å². The average molecular weight is 420 g/mol. The number of nitrogens with one attached hydrogen (secondary N) is 1. The fraction of sp³-hybridized carbons (Fsp3) is 0.524. The molecule has 1 aliphatic heterocycles. The van der Waals surface area contributed by atoms with E-state index in [0.717, 1.165) is 61.5 Å². The van der Waals surface area contributed by atoms with Gasteiger partial charge in [-0.2, -0.15) is 0 Å². The number of nitrogens with zero attached hydrogens (tertiary/aromatic N) is 4. The largest absolute Gasteiger partial charge is 0.494 e. The topological polar surface area (TPSA) is 53.0 Å². The first-order chi connectivity index (χ1) is 14.0. The summed E-state index contributed by atoms with van der Waals surface area (Å²) in [5.41, 5.74) is 2.06. The third-order valence-electron chi connectivity index (χ3n) is 5.07. The predicted octanol–water partition coefficient (Wildman–Crippen LogP) is 3.19. The Morgan fingerprint density at radius 3 is 2.62 bits per heavy atom. The first-order valence-electron chi connectivity index (χ1n) is 10.0. The fourth-order valence-corrected chi connectivity index (χ4v) is 4.22. The van der Waals surface area contributed by atoms with Gasteiger partial charge in [0.1, 0.15) is 5.01 Å². The van der Waals surface area contributed by atoms with Crippen molar-refractivity contribution >= 4 is 17.3 Å². The lowest BCUT2D eigenvalue weighted by Gasteiger charge is -2.36. The molecule has 0 bridgehead atoms. The van der Waals surface area contributed by atoms with Gasteiger partial charge in [-0.1, -0.05) is 6.07 Å². The Hall–Kier alpha value is -2.19. The van der Waals surface area contributed by atoms with E-state index in [-0.39, 0.29) is 11.6 Å². The van der Waals surface area contributed by atoms with E-state index in [9.17, 15) is 4.39 Å². The summed E-state index contributed by atoms with van der Waals surface area (Å²) in [6.07, 6.45) is 0. The molecule has 1 aliphatic rings. The third kappa shape index (κ3) is 5.67. The zero-order valence-corrected chi connectivity index (χ0v) is 18.5. The quantitative estimate of drug-likeness (QED) is 0.576. The highest BCUT2D eigenvalue weighted by molar-refractivity contribution is 7.11. The molecule has 158 valence electrons. The third-order valence-corrected chi connectivity index (χ3v) is 6.12. The minimum atomic E-state index is -0.308. The number of halogens is 1. The number of aliphatic imine (C=N–C) groups is 1. The summed E-state index contributed by atoms with van der Waals surface area (Å²) in [6.45, 7) is 12.0. The molecular weight excluding hydrogens is 389 g/mol. The standard InChI is InChI=1S/C21H30FN5OS/c1-5-23-21(24-13-20-25-15(2)16(3)29-20)27-10-8-26(9-11-27)14-17-6-7-19(28-4)18(22)12-17/h6-7,12H,5,8-11,13-14H2,1-4H3,(H,23,24). The van der Waals surface area contributed by atoms with Gasteiger partial charge in [0, 0.05) is 44.1 Å². The molecule has 1 saturated heterocycles. The Labute approximate surface area is 176 Å². The van der Waals surface area contributed by atoms with Gasteiger partial charge < -0.3 is 15.0 Å². The smallest absolute Gasteiger partial charge is 0.194 e. The molecule has 0 amide bonds. The van der Waals surface area contributed by atoms with Crippen LogP contribution in [0.1, 0.15) is 28.1 Å². The highest BCUT2D eigenvalue weighted by atomic mass is 32.1. The molecular formula is C21H30FN5OS.